The number of alkyl halides is 2. The number of fused-ring (bicyclic) bond motifs is 1. The summed E-state index contributed by atoms with van der Waals surface area (Å²) in [5, 5.41) is 0. The van der Waals surface area contributed by atoms with Crippen LogP contribution < -0.4 is 0 Å². The molecule has 2 fully saturated rings. The zero-order chi connectivity index (χ0) is 19.6. The Hall–Kier alpha value is -1.90. The van der Waals surface area contributed by atoms with Gasteiger partial charge in [0.15, 0.2) is 12.4 Å². The lowest BCUT2D eigenvalue weighted by Gasteiger charge is -2.48. The van der Waals surface area contributed by atoms with Gasteiger partial charge in [-0.3, -0.25) is 0 Å². The van der Waals surface area contributed by atoms with Crippen LogP contribution in [0.3, 0.4) is 0 Å². The van der Waals surface area contributed by atoms with Gasteiger partial charge in [0.25, 0.3) is 0 Å². The van der Waals surface area contributed by atoms with E-state index in [0.717, 1.165) is 11.1 Å². The van der Waals surface area contributed by atoms with Gasteiger partial charge in [-0.2, -0.15) is 8.78 Å². The Balaban J connectivity index is 1.56. The second kappa shape index (κ2) is 8.23. The van der Waals surface area contributed by atoms with Crippen molar-refractivity contribution in [1.82, 2.24) is 0 Å². The van der Waals surface area contributed by atoms with E-state index < -0.39 is 36.8 Å². The van der Waals surface area contributed by atoms with Gasteiger partial charge in [0, 0.05) is 12.7 Å². The molecule has 7 heteroatoms. The predicted octanol–water partition coefficient (Wildman–Crippen LogP) is 3.69. The summed E-state index contributed by atoms with van der Waals surface area (Å²) in [4.78, 5) is 0. The second-order valence-corrected chi connectivity index (χ2v) is 6.81. The summed E-state index contributed by atoms with van der Waals surface area (Å²) in [5.74, 6) is -3.39. The summed E-state index contributed by atoms with van der Waals surface area (Å²) in [6, 6.07) is 18.3. The molecule has 0 aromatic heterocycles. The fourth-order valence-electron chi connectivity index (χ4n) is 3.50. The molecule has 2 aromatic carbocycles. The first-order chi connectivity index (χ1) is 13.6. The number of rotatable bonds is 5. The van der Waals surface area contributed by atoms with Gasteiger partial charge < -0.3 is 23.7 Å². The van der Waals surface area contributed by atoms with Crippen molar-refractivity contribution in [3.8, 4) is 0 Å². The Morgan fingerprint density at radius 3 is 2.36 bits per heavy atom. The highest BCUT2D eigenvalue weighted by Crippen LogP contribution is 2.42. The lowest BCUT2D eigenvalue weighted by atomic mass is 9.96. The largest absolute Gasteiger partial charge is 0.364 e. The number of hydrogen-bond donors (Lipinski definition) is 0. The van der Waals surface area contributed by atoms with E-state index in [2.05, 4.69) is 0 Å². The molecule has 5 nitrogen and oxygen atoms in total. The molecule has 2 saturated heterocycles. The standard InChI is InChI=1S/C21H22F2O5/c1-24-20-21(22,23)18(25-12-14-8-4-2-5-9-14)17-16(27-20)13-26-19(28-17)15-10-6-3-7-11-15/h2-11,16-20H,12-13H2,1H3/t16-,17-,18+,19?,20-/m1/s1. The maximum atomic E-state index is 15.0. The van der Waals surface area contributed by atoms with Crippen molar-refractivity contribution < 1.29 is 32.5 Å². The van der Waals surface area contributed by atoms with E-state index >= 15 is 8.78 Å². The normalized spacial score (nSPS) is 31.9. The van der Waals surface area contributed by atoms with E-state index in [1.807, 2.05) is 60.7 Å². The Morgan fingerprint density at radius 1 is 1.00 bits per heavy atom. The summed E-state index contributed by atoms with van der Waals surface area (Å²) >= 11 is 0. The lowest BCUT2D eigenvalue weighted by Crippen LogP contribution is -2.66. The first kappa shape index (κ1) is 19.4. The van der Waals surface area contributed by atoms with E-state index in [1.54, 1.807) is 0 Å². The average molecular weight is 392 g/mol. The summed E-state index contributed by atoms with van der Waals surface area (Å²) in [7, 11) is 1.18. The molecule has 150 valence electrons. The molecule has 1 unspecified atom stereocenters. The molecular formula is C21H22F2O5. The maximum absolute atomic E-state index is 15.0. The molecule has 0 bridgehead atoms. The van der Waals surface area contributed by atoms with Crippen LogP contribution in [0.1, 0.15) is 17.4 Å². The van der Waals surface area contributed by atoms with Gasteiger partial charge in [0.2, 0.25) is 6.29 Å². The highest BCUT2D eigenvalue weighted by atomic mass is 19.3. The van der Waals surface area contributed by atoms with Crippen molar-refractivity contribution in [1.29, 1.82) is 0 Å². The maximum Gasteiger partial charge on any atom is 0.326 e. The summed E-state index contributed by atoms with van der Waals surface area (Å²) in [6.07, 6.45) is -5.74. The highest BCUT2D eigenvalue weighted by Gasteiger charge is 2.61. The van der Waals surface area contributed by atoms with Crippen molar-refractivity contribution >= 4 is 0 Å². The van der Waals surface area contributed by atoms with Crippen molar-refractivity contribution in [3.63, 3.8) is 0 Å². The smallest absolute Gasteiger partial charge is 0.326 e. The van der Waals surface area contributed by atoms with Gasteiger partial charge in [0.1, 0.15) is 12.2 Å². The third kappa shape index (κ3) is 3.81. The molecule has 0 aliphatic carbocycles. The fraction of sp³-hybridized carbons (Fsp3) is 0.429. The van der Waals surface area contributed by atoms with E-state index in [9.17, 15) is 0 Å². The summed E-state index contributed by atoms with van der Waals surface area (Å²) in [5.41, 5.74) is 1.54. The Bertz CT molecular complexity index is 758. The molecule has 0 saturated carbocycles. The van der Waals surface area contributed by atoms with Crippen LogP contribution in [0.4, 0.5) is 8.78 Å². The zero-order valence-electron chi connectivity index (χ0n) is 15.4. The van der Waals surface area contributed by atoms with Crippen molar-refractivity contribution in [3.05, 3.63) is 71.8 Å². The first-order valence-electron chi connectivity index (χ1n) is 9.13. The quantitative estimate of drug-likeness (QED) is 0.777. The molecule has 0 N–H and O–H groups in total. The van der Waals surface area contributed by atoms with Crippen LogP contribution >= 0.6 is 0 Å². The summed E-state index contributed by atoms with van der Waals surface area (Å²) < 4.78 is 57.7. The molecular weight excluding hydrogens is 370 g/mol. The van der Waals surface area contributed by atoms with Gasteiger partial charge in [0.05, 0.1) is 13.2 Å². The molecule has 2 aliphatic heterocycles. The zero-order valence-corrected chi connectivity index (χ0v) is 15.4. The van der Waals surface area contributed by atoms with Gasteiger partial charge in [-0.15, -0.1) is 0 Å². The van der Waals surface area contributed by atoms with Crippen molar-refractivity contribution in [2.75, 3.05) is 13.7 Å². The van der Waals surface area contributed by atoms with E-state index in [-0.39, 0.29) is 13.2 Å². The average Bonchev–Trinajstić information content (AvgIpc) is 2.73. The molecule has 0 spiro atoms. The predicted molar refractivity (Wildman–Crippen MR) is 95.6 cm³/mol. The van der Waals surface area contributed by atoms with Crippen LogP contribution in [0, 0.1) is 0 Å². The van der Waals surface area contributed by atoms with Crippen LogP contribution in [-0.2, 0) is 30.3 Å². The van der Waals surface area contributed by atoms with Crippen LogP contribution in [0.15, 0.2) is 60.7 Å². The van der Waals surface area contributed by atoms with E-state index in [1.165, 1.54) is 7.11 Å². The Morgan fingerprint density at radius 2 is 1.68 bits per heavy atom. The minimum atomic E-state index is -3.39. The minimum absolute atomic E-state index is 0.0287. The Kier molecular flexibility index (Phi) is 5.70. The molecule has 2 aliphatic rings. The number of methoxy groups -OCH3 is 1. The second-order valence-electron chi connectivity index (χ2n) is 6.81. The third-order valence-corrected chi connectivity index (χ3v) is 4.91. The molecule has 5 atom stereocenters. The van der Waals surface area contributed by atoms with Crippen LogP contribution in [0.25, 0.3) is 0 Å². The minimum Gasteiger partial charge on any atom is -0.364 e. The molecule has 2 heterocycles. The van der Waals surface area contributed by atoms with Crippen molar-refractivity contribution in [2.45, 2.75) is 43.4 Å². The van der Waals surface area contributed by atoms with Crippen LogP contribution in [0.2, 0.25) is 0 Å². The number of benzene rings is 2. The Labute approximate surface area is 162 Å². The number of hydrogen-bond acceptors (Lipinski definition) is 5. The molecule has 0 amide bonds. The van der Waals surface area contributed by atoms with Gasteiger partial charge in [-0.05, 0) is 5.56 Å². The molecule has 2 aromatic rings. The number of ether oxygens (including phenoxy) is 5. The fourth-order valence-corrected chi connectivity index (χ4v) is 3.50. The van der Waals surface area contributed by atoms with E-state index in [4.69, 9.17) is 23.7 Å². The SMILES string of the molecule is CO[C@@H]1O[C@@H]2COC(c3ccccc3)O[C@H]2[C@H](OCc2ccccc2)C1(F)F. The van der Waals surface area contributed by atoms with E-state index in [0.29, 0.717) is 0 Å². The first-order valence-corrected chi connectivity index (χ1v) is 9.13. The van der Waals surface area contributed by atoms with Gasteiger partial charge in [-0.1, -0.05) is 60.7 Å². The topological polar surface area (TPSA) is 46.2 Å². The lowest BCUT2D eigenvalue weighted by molar-refractivity contribution is -0.400. The molecule has 28 heavy (non-hydrogen) atoms. The van der Waals surface area contributed by atoms with Crippen LogP contribution in [0.5, 0.6) is 0 Å². The van der Waals surface area contributed by atoms with Crippen molar-refractivity contribution in [2.24, 2.45) is 0 Å². The molecule has 0 radical (unpaired) electrons. The van der Waals surface area contributed by atoms with Gasteiger partial charge >= 0.3 is 5.92 Å². The highest BCUT2D eigenvalue weighted by molar-refractivity contribution is 5.17. The third-order valence-electron chi connectivity index (χ3n) is 4.91. The molecule has 4 rings (SSSR count). The number of halogens is 2. The monoisotopic (exact) mass is 392 g/mol. The van der Waals surface area contributed by atoms with Crippen LogP contribution in [-0.4, -0.2) is 44.2 Å². The summed E-state index contributed by atoms with van der Waals surface area (Å²) in [6.45, 7) is 0.131. The van der Waals surface area contributed by atoms with Gasteiger partial charge in [-0.25, -0.2) is 0 Å².